The topological polar surface area (TPSA) is 38.3 Å². The number of rotatable bonds is 6. The quantitative estimate of drug-likeness (QED) is 0.779. The largest absolute Gasteiger partial charge is 0.494 e. The van der Waals surface area contributed by atoms with Crippen LogP contribution in [0, 0.1) is 13.8 Å². The molecule has 22 heavy (non-hydrogen) atoms. The monoisotopic (exact) mass is 323 g/mol. The molecule has 4 heteroatoms. The summed E-state index contributed by atoms with van der Waals surface area (Å²) in [5.41, 5.74) is 2.04. The van der Waals surface area contributed by atoms with Crippen LogP contribution in [0.2, 0.25) is 5.02 Å². The Balaban J connectivity index is 1.67. The van der Waals surface area contributed by atoms with E-state index in [9.17, 15) is 4.79 Å². The minimum absolute atomic E-state index is 0.152. The zero-order chi connectivity index (χ0) is 15.9. The Morgan fingerprint density at radius 2 is 1.86 bits per heavy atom. The molecule has 2 rings (SSSR count). The normalized spacial score (nSPS) is 15.6. The Morgan fingerprint density at radius 1 is 1.23 bits per heavy atom. The fourth-order valence-corrected chi connectivity index (χ4v) is 3.07. The summed E-state index contributed by atoms with van der Waals surface area (Å²) in [6, 6.07) is 4.28. The minimum Gasteiger partial charge on any atom is -0.494 e. The number of carbonyl (C=O) groups excluding carboxylic acids is 1. The molecule has 0 unspecified atom stereocenters. The van der Waals surface area contributed by atoms with Crippen molar-refractivity contribution < 1.29 is 9.53 Å². The maximum Gasteiger partial charge on any atom is 0.220 e. The summed E-state index contributed by atoms with van der Waals surface area (Å²) in [6.07, 6.45) is 7.31. The Hall–Kier alpha value is -1.22. The highest BCUT2D eigenvalue weighted by molar-refractivity contribution is 6.32. The Bertz CT molecular complexity index is 487. The number of hydrogen-bond acceptors (Lipinski definition) is 2. The molecule has 0 heterocycles. The van der Waals surface area contributed by atoms with Crippen molar-refractivity contribution in [2.45, 2.75) is 64.8 Å². The lowest BCUT2D eigenvalue weighted by molar-refractivity contribution is -0.122. The lowest BCUT2D eigenvalue weighted by Crippen LogP contribution is -2.36. The summed E-state index contributed by atoms with van der Waals surface area (Å²) in [6.45, 7) is 4.50. The smallest absolute Gasteiger partial charge is 0.220 e. The molecule has 1 aromatic rings. The summed E-state index contributed by atoms with van der Waals surface area (Å²) >= 11 is 6.14. The molecule has 1 aliphatic carbocycles. The molecule has 1 aliphatic rings. The molecule has 1 amide bonds. The third kappa shape index (κ3) is 5.20. The zero-order valence-corrected chi connectivity index (χ0v) is 14.3. The molecule has 0 bridgehead atoms. The molecule has 1 aromatic carbocycles. The number of hydrogen-bond donors (Lipinski definition) is 1. The van der Waals surface area contributed by atoms with Gasteiger partial charge in [0.25, 0.3) is 0 Å². The Labute approximate surface area is 138 Å². The number of ether oxygens (including phenoxy) is 1. The van der Waals surface area contributed by atoms with Crippen molar-refractivity contribution in [1.29, 1.82) is 0 Å². The molecular formula is C18H26ClNO2. The standard InChI is InChI=1S/C18H26ClNO2/c1-13-11-16(12-14(2)18(13)19)22-10-6-9-17(21)20-15-7-4-3-5-8-15/h11-12,15H,3-10H2,1-2H3,(H,20,21). The van der Waals surface area contributed by atoms with Crippen LogP contribution in [0.4, 0.5) is 0 Å². The number of aryl methyl sites for hydroxylation is 2. The van der Waals surface area contributed by atoms with Crippen molar-refractivity contribution in [3.8, 4) is 5.75 Å². The first kappa shape index (κ1) is 17.1. The van der Waals surface area contributed by atoms with Gasteiger partial charge in [-0.3, -0.25) is 4.79 Å². The molecule has 0 spiro atoms. The molecule has 0 radical (unpaired) electrons. The van der Waals surface area contributed by atoms with Gasteiger partial charge in [-0.25, -0.2) is 0 Å². The van der Waals surface area contributed by atoms with Gasteiger partial charge in [0, 0.05) is 17.5 Å². The van der Waals surface area contributed by atoms with Gasteiger partial charge < -0.3 is 10.1 Å². The highest BCUT2D eigenvalue weighted by atomic mass is 35.5. The van der Waals surface area contributed by atoms with Crippen LogP contribution in [0.15, 0.2) is 12.1 Å². The maximum atomic E-state index is 11.9. The van der Waals surface area contributed by atoms with E-state index < -0.39 is 0 Å². The summed E-state index contributed by atoms with van der Waals surface area (Å²) in [5, 5.41) is 3.92. The fourth-order valence-electron chi connectivity index (χ4n) is 2.96. The van der Waals surface area contributed by atoms with Gasteiger partial charge >= 0.3 is 0 Å². The van der Waals surface area contributed by atoms with E-state index in [-0.39, 0.29) is 5.91 Å². The lowest BCUT2D eigenvalue weighted by atomic mass is 9.95. The van der Waals surface area contributed by atoms with Crippen LogP contribution in [-0.2, 0) is 4.79 Å². The summed E-state index contributed by atoms with van der Waals surface area (Å²) in [7, 11) is 0. The molecule has 0 saturated heterocycles. The van der Waals surface area contributed by atoms with Crippen LogP contribution in [0.1, 0.15) is 56.1 Å². The van der Waals surface area contributed by atoms with E-state index in [1.807, 2.05) is 26.0 Å². The molecule has 3 nitrogen and oxygen atoms in total. The van der Waals surface area contributed by atoms with Crippen LogP contribution in [-0.4, -0.2) is 18.6 Å². The van der Waals surface area contributed by atoms with E-state index in [4.69, 9.17) is 16.3 Å². The second-order valence-electron chi connectivity index (χ2n) is 6.23. The predicted molar refractivity (Wildman–Crippen MR) is 90.7 cm³/mol. The van der Waals surface area contributed by atoms with E-state index in [1.54, 1.807) is 0 Å². The lowest BCUT2D eigenvalue weighted by Gasteiger charge is -2.22. The average Bonchev–Trinajstić information content (AvgIpc) is 2.50. The number of nitrogens with one attached hydrogen (secondary N) is 1. The van der Waals surface area contributed by atoms with Crippen LogP contribution < -0.4 is 10.1 Å². The van der Waals surface area contributed by atoms with E-state index in [0.717, 1.165) is 41.2 Å². The van der Waals surface area contributed by atoms with Crippen molar-refractivity contribution in [3.05, 3.63) is 28.3 Å². The molecule has 0 aromatic heterocycles. The van der Waals surface area contributed by atoms with E-state index in [1.165, 1.54) is 19.3 Å². The van der Waals surface area contributed by atoms with Crippen molar-refractivity contribution in [1.82, 2.24) is 5.32 Å². The van der Waals surface area contributed by atoms with Crippen LogP contribution in [0.25, 0.3) is 0 Å². The van der Waals surface area contributed by atoms with Gasteiger partial charge in [-0.2, -0.15) is 0 Å². The van der Waals surface area contributed by atoms with Crippen LogP contribution >= 0.6 is 11.6 Å². The van der Waals surface area contributed by atoms with Gasteiger partial charge in [-0.05, 0) is 56.4 Å². The fraction of sp³-hybridized carbons (Fsp3) is 0.611. The molecule has 1 fully saturated rings. The van der Waals surface area contributed by atoms with Crippen molar-refractivity contribution >= 4 is 17.5 Å². The number of amides is 1. The third-order valence-electron chi connectivity index (χ3n) is 4.20. The van der Waals surface area contributed by atoms with E-state index in [2.05, 4.69) is 5.32 Å². The SMILES string of the molecule is Cc1cc(OCCCC(=O)NC2CCCCC2)cc(C)c1Cl. The number of benzene rings is 1. The van der Waals surface area contributed by atoms with E-state index >= 15 is 0 Å². The minimum atomic E-state index is 0.152. The van der Waals surface area contributed by atoms with Crippen molar-refractivity contribution in [2.75, 3.05) is 6.61 Å². The van der Waals surface area contributed by atoms with Gasteiger partial charge in [0.1, 0.15) is 5.75 Å². The summed E-state index contributed by atoms with van der Waals surface area (Å²) < 4.78 is 5.72. The van der Waals surface area contributed by atoms with Gasteiger partial charge in [0.15, 0.2) is 0 Å². The number of halogens is 1. The van der Waals surface area contributed by atoms with Gasteiger partial charge in [0.05, 0.1) is 6.61 Å². The average molecular weight is 324 g/mol. The first-order valence-corrected chi connectivity index (χ1v) is 8.63. The first-order valence-electron chi connectivity index (χ1n) is 8.25. The predicted octanol–water partition coefficient (Wildman–Crippen LogP) is 4.56. The summed E-state index contributed by atoms with van der Waals surface area (Å²) in [5.74, 6) is 0.978. The van der Waals surface area contributed by atoms with E-state index in [0.29, 0.717) is 19.1 Å². The Morgan fingerprint density at radius 3 is 2.50 bits per heavy atom. The summed E-state index contributed by atoms with van der Waals surface area (Å²) in [4.78, 5) is 11.9. The second kappa shape index (κ2) is 8.42. The maximum absolute atomic E-state index is 11.9. The highest BCUT2D eigenvalue weighted by Gasteiger charge is 2.15. The molecule has 0 aliphatic heterocycles. The van der Waals surface area contributed by atoms with Crippen molar-refractivity contribution in [2.24, 2.45) is 0 Å². The molecular weight excluding hydrogens is 298 g/mol. The van der Waals surface area contributed by atoms with Crippen LogP contribution in [0.3, 0.4) is 0 Å². The molecule has 1 N–H and O–H groups in total. The van der Waals surface area contributed by atoms with Gasteiger partial charge in [-0.1, -0.05) is 30.9 Å². The molecule has 0 atom stereocenters. The van der Waals surface area contributed by atoms with Gasteiger partial charge in [-0.15, -0.1) is 0 Å². The first-order chi connectivity index (χ1) is 10.6. The highest BCUT2D eigenvalue weighted by Crippen LogP contribution is 2.26. The van der Waals surface area contributed by atoms with Crippen molar-refractivity contribution in [3.63, 3.8) is 0 Å². The zero-order valence-electron chi connectivity index (χ0n) is 13.6. The molecule has 122 valence electrons. The Kier molecular flexibility index (Phi) is 6.56. The van der Waals surface area contributed by atoms with Crippen LogP contribution in [0.5, 0.6) is 5.75 Å². The number of carbonyl (C=O) groups is 1. The second-order valence-corrected chi connectivity index (χ2v) is 6.60. The van der Waals surface area contributed by atoms with Gasteiger partial charge in [0.2, 0.25) is 5.91 Å². The third-order valence-corrected chi connectivity index (χ3v) is 4.79. The molecule has 1 saturated carbocycles.